The summed E-state index contributed by atoms with van der Waals surface area (Å²) in [5.74, 6) is 0.501. The molecule has 1 aliphatic heterocycles. The molecule has 1 aliphatic rings. The van der Waals surface area contributed by atoms with Crippen LogP contribution in [-0.4, -0.2) is 18.6 Å². The van der Waals surface area contributed by atoms with Crippen LogP contribution in [0.4, 0.5) is 0 Å². The van der Waals surface area contributed by atoms with E-state index in [1.165, 1.54) is 0 Å². The van der Waals surface area contributed by atoms with Crippen molar-refractivity contribution >= 4 is 22.9 Å². The Morgan fingerprint density at radius 1 is 1.67 bits per heavy atom. The highest BCUT2D eigenvalue weighted by Gasteiger charge is 2.26. The molecule has 4 heteroatoms. The van der Waals surface area contributed by atoms with E-state index in [2.05, 4.69) is 0 Å². The van der Waals surface area contributed by atoms with E-state index in [-0.39, 0.29) is 12.4 Å². The molecule has 2 heterocycles. The Balaban J connectivity index is 2.00. The van der Waals surface area contributed by atoms with E-state index in [0.29, 0.717) is 12.5 Å². The summed E-state index contributed by atoms with van der Waals surface area (Å²) in [5, 5.41) is 4.04. The van der Waals surface area contributed by atoms with Gasteiger partial charge in [-0.05, 0) is 16.8 Å². The van der Waals surface area contributed by atoms with E-state index in [1.54, 1.807) is 11.3 Å². The number of hydrogen-bond donors (Lipinski definition) is 0. The fourth-order valence-electron chi connectivity index (χ4n) is 1.11. The summed E-state index contributed by atoms with van der Waals surface area (Å²) in [6, 6.07) is 2.01. The average Bonchev–Trinajstić information content (AvgIpc) is 2.75. The molecule has 0 aromatic carbocycles. The van der Waals surface area contributed by atoms with Crippen LogP contribution in [0.25, 0.3) is 0 Å². The number of hydrogen-bond acceptors (Lipinski definition) is 3. The number of ether oxygens (including phenoxy) is 2. The van der Waals surface area contributed by atoms with E-state index in [9.17, 15) is 0 Å². The summed E-state index contributed by atoms with van der Waals surface area (Å²) in [7, 11) is 0. The molecule has 1 aromatic heterocycles. The molecule has 2 nitrogen and oxygen atoms in total. The van der Waals surface area contributed by atoms with Gasteiger partial charge in [0.1, 0.15) is 0 Å². The lowest BCUT2D eigenvalue weighted by molar-refractivity contribution is -0.0564. The average molecular weight is 205 g/mol. The number of thiophene rings is 1. The summed E-state index contributed by atoms with van der Waals surface area (Å²) in [6.45, 7) is 0.601. The maximum absolute atomic E-state index is 5.63. The molecule has 0 radical (unpaired) electrons. The van der Waals surface area contributed by atoms with Crippen LogP contribution >= 0.6 is 22.9 Å². The summed E-state index contributed by atoms with van der Waals surface area (Å²) < 4.78 is 10.9. The van der Waals surface area contributed by atoms with E-state index in [0.717, 1.165) is 5.56 Å². The Morgan fingerprint density at radius 2 is 2.58 bits per heavy atom. The summed E-state index contributed by atoms with van der Waals surface area (Å²) in [4.78, 5) is 0. The van der Waals surface area contributed by atoms with Crippen LogP contribution in [0, 0.1) is 0 Å². The van der Waals surface area contributed by atoms with Gasteiger partial charge >= 0.3 is 0 Å². The second-order valence-corrected chi connectivity index (χ2v) is 3.72. The van der Waals surface area contributed by atoms with Crippen molar-refractivity contribution in [3.05, 3.63) is 22.4 Å². The van der Waals surface area contributed by atoms with Crippen molar-refractivity contribution in [1.29, 1.82) is 0 Å². The highest BCUT2D eigenvalue weighted by Crippen LogP contribution is 2.28. The third-order valence-corrected chi connectivity index (χ3v) is 2.78. The molecule has 0 amide bonds. The van der Waals surface area contributed by atoms with Gasteiger partial charge in [0, 0.05) is 5.56 Å². The van der Waals surface area contributed by atoms with Gasteiger partial charge in [0.05, 0.1) is 18.6 Å². The minimum atomic E-state index is -0.194. The van der Waals surface area contributed by atoms with Gasteiger partial charge in [0.15, 0.2) is 6.29 Å². The maximum atomic E-state index is 5.63. The van der Waals surface area contributed by atoms with Crippen molar-refractivity contribution in [2.45, 2.75) is 12.4 Å². The van der Waals surface area contributed by atoms with E-state index in [1.807, 2.05) is 16.8 Å². The fourth-order valence-corrected chi connectivity index (χ4v) is 1.94. The lowest BCUT2D eigenvalue weighted by Gasteiger charge is -2.07. The van der Waals surface area contributed by atoms with Crippen LogP contribution in [-0.2, 0) is 9.47 Å². The Bertz CT molecular complexity index is 237. The zero-order valence-corrected chi connectivity index (χ0v) is 7.98. The minimum absolute atomic E-state index is 0.0524. The van der Waals surface area contributed by atoms with Crippen LogP contribution in [0.3, 0.4) is 0 Å². The van der Waals surface area contributed by atoms with Gasteiger partial charge in [-0.2, -0.15) is 11.3 Å². The quantitative estimate of drug-likeness (QED) is 0.689. The second kappa shape index (κ2) is 3.75. The molecule has 2 rings (SSSR count). The predicted octanol–water partition coefficient (Wildman–Crippen LogP) is 2.40. The first-order valence-electron chi connectivity index (χ1n) is 3.75. The van der Waals surface area contributed by atoms with Gasteiger partial charge in [-0.25, -0.2) is 0 Å². The normalized spacial score (nSPS) is 29.4. The smallest absolute Gasteiger partial charge is 0.185 e. The van der Waals surface area contributed by atoms with E-state index >= 15 is 0 Å². The zero-order chi connectivity index (χ0) is 8.39. The van der Waals surface area contributed by atoms with Crippen LogP contribution in [0.2, 0.25) is 0 Å². The van der Waals surface area contributed by atoms with Crippen LogP contribution in [0.1, 0.15) is 11.9 Å². The van der Waals surface area contributed by atoms with Crippen LogP contribution in [0.5, 0.6) is 0 Å². The fraction of sp³-hybridized carbons (Fsp3) is 0.500. The van der Waals surface area contributed by atoms with Gasteiger partial charge in [0.2, 0.25) is 0 Å². The SMILES string of the molecule is ClCC1COC(c2ccsc2)O1. The number of halogens is 1. The van der Waals surface area contributed by atoms with Gasteiger partial charge in [-0.1, -0.05) is 0 Å². The van der Waals surface area contributed by atoms with Crippen molar-refractivity contribution in [2.75, 3.05) is 12.5 Å². The van der Waals surface area contributed by atoms with Crippen LogP contribution < -0.4 is 0 Å². The lowest BCUT2D eigenvalue weighted by Crippen LogP contribution is -2.10. The Morgan fingerprint density at radius 3 is 3.17 bits per heavy atom. The molecule has 66 valence electrons. The van der Waals surface area contributed by atoms with Gasteiger partial charge < -0.3 is 9.47 Å². The third-order valence-electron chi connectivity index (χ3n) is 1.74. The van der Waals surface area contributed by atoms with Gasteiger partial charge in [-0.3, -0.25) is 0 Å². The largest absolute Gasteiger partial charge is 0.346 e. The molecule has 1 fully saturated rings. The first-order chi connectivity index (χ1) is 5.90. The first-order valence-corrected chi connectivity index (χ1v) is 5.23. The minimum Gasteiger partial charge on any atom is -0.346 e. The molecule has 2 atom stereocenters. The molecule has 1 saturated heterocycles. The molecule has 0 N–H and O–H groups in total. The van der Waals surface area contributed by atoms with Crippen LogP contribution in [0.15, 0.2) is 16.8 Å². The van der Waals surface area contributed by atoms with Crippen molar-refractivity contribution in [2.24, 2.45) is 0 Å². The topological polar surface area (TPSA) is 18.5 Å². The third kappa shape index (κ3) is 1.64. The van der Waals surface area contributed by atoms with E-state index < -0.39 is 0 Å². The van der Waals surface area contributed by atoms with Crippen molar-refractivity contribution in [3.63, 3.8) is 0 Å². The number of alkyl halides is 1. The molecular weight excluding hydrogens is 196 g/mol. The number of rotatable bonds is 2. The van der Waals surface area contributed by atoms with Crippen molar-refractivity contribution in [3.8, 4) is 0 Å². The molecule has 0 saturated carbocycles. The van der Waals surface area contributed by atoms with Gasteiger partial charge in [-0.15, -0.1) is 11.6 Å². The monoisotopic (exact) mass is 204 g/mol. The molecule has 12 heavy (non-hydrogen) atoms. The Hall–Kier alpha value is -0.0900. The summed E-state index contributed by atoms with van der Waals surface area (Å²) in [5.41, 5.74) is 1.09. The van der Waals surface area contributed by atoms with Gasteiger partial charge in [0.25, 0.3) is 0 Å². The maximum Gasteiger partial charge on any atom is 0.185 e. The molecule has 1 aromatic rings. The van der Waals surface area contributed by atoms with E-state index in [4.69, 9.17) is 21.1 Å². The second-order valence-electron chi connectivity index (χ2n) is 2.63. The summed E-state index contributed by atoms with van der Waals surface area (Å²) >= 11 is 7.27. The van der Waals surface area contributed by atoms with Crippen molar-refractivity contribution < 1.29 is 9.47 Å². The molecule has 2 unspecified atom stereocenters. The molecule has 0 spiro atoms. The first kappa shape index (κ1) is 8.51. The predicted molar refractivity (Wildman–Crippen MR) is 48.6 cm³/mol. The Labute approximate surface area is 80.1 Å². The lowest BCUT2D eigenvalue weighted by atomic mass is 10.3. The summed E-state index contributed by atoms with van der Waals surface area (Å²) in [6.07, 6.45) is -0.142. The van der Waals surface area contributed by atoms with Crippen molar-refractivity contribution in [1.82, 2.24) is 0 Å². The molecule has 0 aliphatic carbocycles. The molecule has 0 bridgehead atoms. The molecular formula is C8H9ClO2S. The zero-order valence-electron chi connectivity index (χ0n) is 6.40. The standard InChI is InChI=1S/C8H9ClO2S/c9-3-7-4-10-8(11-7)6-1-2-12-5-6/h1-2,5,7-8H,3-4H2. The highest BCUT2D eigenvalue weighted by atomic mass is 35.5. The Kier molecular flexibility index (Phi) is 2.66. The highest BCUT2D eigenvalue weighted by molar-refractivity contribution is 7.07.